The normalized spacial score (nSPS) is 9.00. The summed E-state index contributed by atoms with van der Waals surface area (Å²) in [5, 5.41) is 3.07. The second kappa shape index (κ2) is 7.90. The highest BCUT2D eigenvalue weighted by Gasteiger charge is 1.89. The van der Waals surface area contributed by atoms with Gasteiger partial charge in [0.15, 0.2) is 0 Å². The van der Waals surface area contributed by atoms with Crippen molar-refractivity contribution >= 4 is 12.4 Å². The Morgan fingerprint density at radius 3 is 2.54 bits per heavy atom. The fourth-order valence-electron chi connectivity index (χ4n) is 0.956. The van der Waals surface area contributed by atoms with Crippen LogP contribution < -0.4 is 10.1 Å². The number of para-hydroxylation sites is 1. The van der Waals surface area contributed by atoms with Crippen molar-refractivity contribution < 1.29 is 4.74 Å². The number of ether oxygens (including phenoxy) is 1. The average molecular weight is 202 g/mol. The van der Waals surface area contributed by atoms with Gasteiger partial charge >= 0.3 is 0 Å². The summed E-state index contributed by atoms with van der Waals surface area (Å²) in [4.78, 5) is 0. The number of hydrogen-bond acceptors (Lipinski definition) is 2. The quantitative estimate of drug-likeness (QED) is 0.737. The third kappa shape index (κ3) is 5.50. The first kappa shape index (κ1) is 12.3. The number of nitrogens with one attached hydrogen (secondary N) is 1. The van der Waals surface area contributed by atoms with Gasteiger partial charge in [0.2, 0.25) is 0 Å². The topological polar surface area (TPSA) is 21.3 Å². The molecule has 0 amide bonds. The molecule has 0 aliphatic rings. The molecule has 0 unspecified atom stereocenters. The van der Waals surface area contributed by atoms with Crippen LogP contribution >= 0.6 is 12.4 Å². The van der Waals surface area contributed by atoms with E-state index < -0.39 is 0 Å². The van der Waals surface area contributed by atoms with Crippen molar-refractivity contribution in [3.8, 4) is 5.75 Å². The summed E-state index contributed by atoms with van der Waals surface area (Å²) in [5.41, 5.74) is 0. The lowest BCUT2D eigenvalue weighted by atomic mass is 10.3. The predicted molar refractivity (Wildman–Crippen MR) is 57.7 cm³/mol. The standard InChI is InChI=1S/C10H15NO.ClH/c1-11-8-5-9-12-10-6-3-2-4-7-10;/h2-4,6-7,11H,5,8-9H2,1H3;1H. The van der Waals surface area contributed by atoms with Crippen LogP contribution in [0.4, 0.5) is 0 Å². The molecule has 0 saturated heterocycles. The first-order valence-corrected chi connectivity index (χ1v) is 4.26. The van der Waals surface area contributed by atoms with Gasteiger partial charge in [-0.1, -0.05) is 18.2 Å². The second-order valence-electron chi connectivity index (χ2n) is 2.62. The van der Waals surface area contributed by atoms with Gasteiger partial charge in [-0.15, -0.1) is 12.4 Å². The summed E-state index contributed by atoms with van der Waals surface area (Å²) in [5.74, 6) is 0.952. The predicted octanol–water partition coefficient (Wildman–Crippen LogP) is 2.10. The molecular formula is C10H16ClNO. The number of halogens is 1. The summed E-state index contributed by atoms with van der Waals surface area (Å²) < 4.78 is 5.47. The molecule has 74 valence electrons. The van der Waals surface area contributed by atoms with Gasteiger partial charge < -0.3 is 10.1 Å². The third-order valence-electron chi connectivity index (χ3n) is 1.58. The summed E-state index contributed by atoms with van der Waals surface area (Å²) in [7, 11) is 1.95. The summed E-state index contributed by atoms with van der Waals surface area (Å²) in [6.45, 7) is 1.79. The maximum Gasteiger partial charge on any atom is 0.119 e. The molecule has 1 N–H and O–H groups in total. The molecule has 0 bridgehead atoms. The maximum atomic E-state index is 5.47. The Kier molecular flexibility index (Phi) is 7.45. The monoisotopic (exact) mass is 201 g/mol. The van der Waals surface area contributed by atoms with Gasteiger partial charge in [0.05, 0.1) is 6.61 Å². The lowest BCUT2D eigenvalue weighted by molar-refractivity contribution is 0.310. The Morgan fingerprint density at radius 2 is 1.92 bits per heavy atom. The minimum Gasteiger partial charge on any atom is -0.494 e. The molecular weight excluding hydrogens is 186 g/mol. The van der Waals surface area contributed by atoms with Crippen molar-refractivity contribution in [1.29, 1.82) is 0 Å². The molecule has 1 aromatic rings. The zero-order valence-corrected chi connectivity index (χ0v) is 8.64. The van der Waals surface area contributed by atoms with Crippen LogP contribution in [0.25, 0.3) is 0 Å². The molecule has 0 aliphatic heterocycles. The van der Waals surface area contributed by atoms with Gasteiger partial charge in [-0.25, -0.2) is 0 Å². The Bertz CT molecular complexity index is 203. The van der Waals surface area contributed by atoms with Crippen molar-refractivity contribution in [2.45, 2.75) is 6.42 Å². The SMILES string of the molecule is CNCCCOc1ccccc1.Cl. The van der Waals surface area contributed by atoms with E-state index in [0.29, 0.717) is 0 Å². The third-order valence-corrected chi connectivity index (χ3v) is 1.58. The zero-order valence-electron chi connectivity index (χ0n) is 7.82. The largest absolute Gasteiger partial charge is 0.494 e. The van der Waals surface area contributed by atoms with Crippen LogP contribution in [0.2, 0.25) is 0 Å². The maximum absolute atomic E-state index is 5.47. The van der Waals surface area contributed by atoms with Gasteiger partial charge in [-0.3, -0.25) is 0 Å². The highest BCUT2D eigenvalue weighted by Crippen LogP contribution is 2.07. The van der Waals surface area contributed by atoms with Crippen LogP contribution in [0.3, 0.4) is 0 Å². The molecule has 0 radical (unpaired) electrons. The summed E-state index contributed by atoms with van der Waals surface area (Å²) in [6.07, 6.45) is 1.05. The van der Waals surface area contributed by atoms with Crippen molar-refractivity contribution in [1.82, 2.24) is 5.32 Å². The molecule has 1 aromatic carbocycles. The molecule has 0 aliphatic carbocycles. The highest BCUT2D eigenvalue weighted by molar-refractivity contribution is 5.85. The van der Waals surface area contributed by atoms with E-state index in [-0.39, 0.29) is 12.4 Å². The molecule has 0 aromatic heterocycles. The number of hydrogen-bond donors (Lipinski definition) is 1. The number of rotatable bonds is 5. The highest BCUT2D eigenvalue weighted by atomic mass is 35.5. The van der Waals surface area contributed by atoms with E-state index in [9.17, 15) is 0 Å². The average Bonchev–Trinajstić information content (AvgIpc) is 2.14. The van der Waals surface area contributed by atoms with Gasteiger partial charge in [-0.05, 0) is 32.1 Å². The van der Waals surface area contributed by atoms with Crippen LogP contribution in [-0.4, -0.2) is 20.2 Å². The molecule has 0 fully saturated rings. The molecule has 0 spiro atoms. The van der Waals surface area contributed by atoms with Crippen molar-refractivity contribution in [3.63, 3.8) is 0 Å². The van der Waals surface area contributed by atoms with Crippen LogP contribution in [0, 0.1) is 0 Å². The van der Waals surface area contributed by atoms with E-state index >= 15 is 0 Å². The van der Waals surface area contributed by atoms with Crippen LogP contribution in [0.1, 0.15) is 6.42 Å². The van der Waals surface area contributed by atoms with Crippen LogP contribution in [-0.2, 0) is 0 Å². The second-order valence-corrected chi connectivity index (χ2v) is 2.62. The molecule has 13 heavy (non-hydrogen) atoms. The van der Waals surface area contributed by atoms with Crippen molar-refractivity contribution in [2.75, 3.05) is 20.2 Å². The van der Waals surface area contributed by atoms with Gasteiger partial charge in [0, 0.05) is 0 Å². The minimum atomic E-state index is 0. The summed E-state index contributed by atoms with van der Waals surface area (Å²) >= 11 is 0. The van der Waals surface area contributed by atoms with Gasteiger partial charge in [-0.2, -0.15) is 0 Å². The fraction of sp³-hybridized carbons (Fsp3) is 0.400. The van der Waals surface area contributed by atoms with Crippen LogP contribution in [0.5, 0.6) is 5.75 Å². The van der Waals surface area contributed by atoms with Crippen molar-refractivity contribution in [2.24, 2.45) is 0 Å². The Hall–Kier alpha value is -0.730. The molecule has 1 rings (SSSR count). The fourth-order valence-corrected chi connectivity index (χ4v) is 0.956. The smallest absolute Gasteiger partial charge is 0.119 e. The lowest BCUT2D eigenvalue weighted by Crippen LogP contribution is -2.11. The number of benzene rings is 1. The minimum absolute atomic E-state index is 0. The molecule has 3 heteroatoms. The Labute approximate surface area is 85.7 Å². The van der Waals surface area contributed by atoms with E-state index in [0.717, 1.165) is 25.3 Å². The van der Waals surface area contributed by atoms with E-state index in [1.807, 2.05) is 37.4 Å². The van der Waals surface area contributed by atoms with E-state index in [2.05, 4.69) is 5.32 Å². The van der Waals surface area contributed by atoms with Gasteiger partial charge in [0.1, 0.15) is 5.75 Å². The Balaban J connectivity index is 0.00000144. The summed E-state index contributed by atoms with van der Waals surface area (Å²) in [6, 6.07) is 9.89. The molecule has 0 heterocycles. The first-order valence-electron chi connectivity index (χ1n) is 4.26. The van der Waals surface area contributed by atoms with Crippen LogP contribution in [0.15, 0.2) is 30.3 Å². The van der Waals surface area contributed by atoms with E-state index in [1.165, 1.54) is 0 Å². The molecule has 0 atom stereocenters. The van der Waals surface area contributed by atoms with E-state index in [4.69, 9.17) is 4.74 Å². The van der Waals surface area contributed by atoms with Crippen molar-refractivity contribution in [3.05, 3.63) is 30.3 Å². The zero-order chi connectivity index (χ0) is 8.65. The molecule has 2 nitrogen and oxygen atoms in total. The van der Waals surface area contributed by atoms with E-state index in [1.54, 1.807) is 0 Å². The first-order chi connectivity index (χ1) is 5.93. The molecule has 0 saturated carbocycles. The van der Waals surface area contributed by atoms with Gasteiger partial charge in [0.25, 0.3) is 0 Å². The lowest BCUT2D eigenvalue weighted by Gasteiger charge is -2.04. The Morgan fingerprint density at radius 1 is 1.23 bits per heavy atom.